The Morgan fingerprint density at radius 3 is 2.19 bits per heavy atom. The number of carbonyl (C=O) groups is 2. The van der Waals surface area contributed by atoms with Crippen molar-refractivity contribution in [3.05, 3.63) is 83.4 Å². The van der Waals surface area contributed by atoms with Crippen LogP contribution in [0.1, 0.15) is 23.6 Å². The fraction of sp³-hybridized carbons (Fsp3) is 0.143. The molecule has 27 heavy (non-hydrogen) atoms. The Hall–Kier alpha value is -2.89. The van der Waals surface area contributed by atoms with Crippen LogP contribution in [0.15, 0.2) is 67.3 Å². The molecule has 0 fully saturated rings. The number of benzene rings is 2. The lowest BCUT2D eigenvalue weighted by Crippen LogP contribution is -2.10. The first kappa shape index (κ1) is 22.2. The summed E-state index contributed by atoms with van der Waals surface area (Å²) in [7, 11) is 0. The number of rotatable bonds is 6. The van der Waals surface area contributed by atoms with Gasteiger partial charge in [0.25, 0.3) is 0 Å². The smallest absolute Gasteiger partial charge is 0.328 e. The molecule has 1 unspecified atom stereocenters. The van der Waals surface area contributed by atoms with Crippen molar-refractivity contribution in [2.24, 2.45) is 5.73 Å². The summed E-state index contributed by atoms with van der Waals surface area (Å²) in [5, 5.41) is 16.4. The van der Waals surface area contributed by atoms with Crippen molar-refractivity contribution < 1.29 is 19.8 Å². The molecular weight excluding hydrogens is 366 g/mol. The van der Waals surface area contributed by atoms with E-state index in [1.54, 1.807) is 0 Å². The van der Waals surface area contributed by atoms with Crippen LogP contribution in [-0.2, 0) is 9.59 Å². The van der Waals surface area contributed by atoms with Gasteiger partial charge in [0.2, 0.25) is 0 Å². The van der Waals surface area contributed by atoms with Gasteiger partial charge in [0.1, 0.15) is 0 Å². The Balaban J connectivity index is 0.000000387. The van der Waals surface area contributed by atoms with E-state index >= 15 is 0 Å². The number of hydrogen-bond acceptors (Lipinski definition) is 3. The summed E-state index contributed by atoms with van der Waals surface area (Å²) in [5.74, 6) is -2.51. The van der Waals surface area contributed by atoms with Gasteiger partial charge in [0.05, 0.1) is 0 Å². The second-order valence-electron chi connectivity index (χ2n) is 5.64. The summed E-state index contributed by atoms with van der Waals surface area (Å²) in [6, 6.07) is 14.1. The molecule has 0 aliphatic carbocycles. The molecule has 5 nitrogen and oxygen atoms in total. The standard InChI is InChI=1S/C17H18ClN.C4H4O4/c1-3-7-17(19)15-9-5-4-8-14(15)13-10-6-11-16(18)12(13)2;5-3(6)1-2-4(7)8/h3-6,8-11,17H,1,7,19H2,2H3;1-2H,(H,5,6)(H,7,8)/b;2-1+. The number of nitrogens with two attached hydrogens (primary N) is 1. The van der Waals surface area contributed by atoms with Gasteiger partial charge in [-0.05, 0) is 41.7 Å². The van der Waals surface area contributed by atoms with E-state index in [9.17, 15) is 9.59 Å². The Morgan fingerprint density at radius 1 is 1.07 bits per heavy atom. The van der Waals surface area contributed by atoms with Gasteiger partial charge in [-0.3, -0.25) is 0 Å². The molecule has 2 aromatic carbocycles. The molecule has 0 heterocycles. The summed E-state index contributed by atoms with van der Waals surface area (Å²) in [5.41, 5.74) is 10.7. The van der Waals surface area contributed by atoms with Crippen molar-refractivity contribution in [3.8, 4) is 11.1 Å². The molecule has 0 amide bonds. The van der Waals surface area contributed by atoms with Crippen LogP contribution < -0.4 is 5.73 Å². The third-order valence-electron chi connectivity index (χ3n) is 3.71. The van der Waals surface area contributed by atoms with Gasteiger partial charge in [-0.15, -0.1) is 6.58 Å². The summed E-state index contributed by atoms with van der Waals surface area (Å²) >= 11 is 6.21. The van der Waals surface area contributed by atoms with E-state index in [4.69, 9.17) is 27.5 Å². The molecule has 4 N–H and O–H groups in total. The molecule has 6 heteroatoms. The largest absolute Gasteiger partial charge is 0.478 e. The van der Waals surface area contributed by atoms with E-state index < -0.39 is 11.9 Å². The van der Waals surface area contributed by atoms with E-state index in [0.29, 0.717) is 12.2 Å². The topological polar surface area (TPSA) is 101 Å². The molecule has 0 aliphatic heterocycles. The van der Waals surface area contributed by atoms with Gasteiger partial charge in [0, 0.05) is 23.2 Å². The monoisotopic (exact) mass is 387 g/mol. The lowest BCUT2D eigenvalue weighted by molar-refractivity contribution is -0.134. The molecule has 2 aromatic rings. The molecule has 2 rings (SSSR count). The fourth-order valence-electron chi connectivity index (χ4n) is 2.41. The van der Waals surface area contributed by atoms with Crippen LogP contribution in [0.25, 0.3) is 11.1 Å². The highest BCUT2D eigenvalue weighted by Crippen LogP contribution is 2.33. The van der Waals surface area contributed by atoms with Gasteiger partial charge in [0.15, 0.2) is 0 Å². The van der Waals surface area contributed by atoms with Gasteiger partial charge in [-0.2, -0.15) is 0 Å². The van der Waals surface area contributed by atoms with Crippen LogP contribution in [0, 0.1) is 6.92 Å². The van der Waals surface area contributed by atoms with Crippen LogP contribution in [0.2, 0.25) is 5.02 Å². The summed E-state index contributed by atoms with van der Waals surface area (Å²) in [4.78, 5) is 19.1. The maximum absolute atomic E-state index is 9.55. The highest BCUT2D eigenvalue weighted by atomic mass is 35.5. The van der Waals surface area contributed by atoms with Crippen molar-refractivity contribution in [1.29, 1.82) is 0 Å². The minimum atomic E-state index is -1.26. The number of hydrogen-bond donors (Lipinski definition) is 3. The normalized spacial score (nSPS) is 11.4. The van der Waals surface area contributed by atoms with Gasteiger partial charge < -0.3 is 15.9 Å². The highest BCUT2D eigenvalue weighted by Gasteiger charge is 2.13. The van der Waals surface area contributed by atoms with Gasteiger partial charge >= 0.3 is 11.9 Å². The molecule has 1 atom stereocenters. The third kappa shape index (κ3) is 7.09. The first-order valence-corrected chi connectivity index (χ1v) is 8.50. The van der Waals surface area contributed by atoms with Crippen molar-refractivity contribution in [3.63, 3.8) is 0 Å². The molecule has 0 saturated carbocycles. The first-order valence-electron chi connectivity index (χ1n) is 8.12. The molecule has 0 spiro atoms. The van der Waals surface area contributed by atoms with Crippen molar-refractivity contribution in [1.82, 2.24) is 0 Å². The van der Waals surface area contributed by atoms with Crippen molar-refractivity contribution in [2.45, 2.75) is 19.4 Å². The number of carboxylic acid groups (broad SMARTS) is 2. The zero-order valence-corrected chi connectivity index (χ0v) is 15.7. The summed E-state index contributed by atoms with van der Waals surface area (Å²) in [6.45, 7) is 5.79. The average Bonchev–Trinajstić information content (AvgIpc) is 2.63. The Labute approximate surface area is 163 Å². The van der Waals surface area contributed by atoms with E-state index in [1.807, 2.05) is 37.3 Å². The lowest BCUT2D eigenvalue weighted by Gasteiger charge is -2.17. The Bertz CT molecular complexity index is 830. The minimum Gasteiger partial charge on any atom is -0.478 e. The lowest BCUT2D eigenvalue weighted by atomic mass is 9.91. The van der Waals surface area contributed by atoms with Crippen LogP contribution in [-0.4, -0.2) is 22.2 Å². The number of aliphatic carboxylic acids is 2. The van der Waals surface area contributed by atoms with E-state index in [1.165, 1.54) is 0 Å². The van der Waals surface area contributed by atoms with Crippen molar-refractivity contribution in [2.75, 3.05) is 0 Å². The van der Waals surface area contributed by atoms with E-state index in [2.05, 4.69) is 24.8 Å². The zero-order chi connectivity index (χ0) is 20.4. The van der Waals surface area contributed by atoms with Crippen molar-refractivity contribution >= 4 is 23.5 Å². The van der Waals surface area contributed by atoms with Gasteiger partial charge in [-0.25, -0.2) is 9.59 Å². The van der Waals surface area contributed by atoms with E-state index in [-0.39, 0.29) is 6.04 Å². The predicted molar refractivity (Wildman–Crippen MR) is 108 cm³/mol. The highest BCUT2D eigenvalue weighted by molar-refractivity contribution is 6.31. The maximum atomic E-state index is 9.55. The minimum absolute atomic E-state index is 0.0351. The Kier molecular flexibility index (Phi) is 8.99. The molecule has 0 radical (unpaired) electrons. The number of carboxylic acids is 2. The molecule has 0 aliphatic rings. The number of halogens is 1. The van der Waals surface area contributed by atoms with Crippen LogP contribution in [0.5, 0.6) is 0 Å². The van der Waals surface area contributed by atoms with Crippen LogP contribution >= 0.6 is 11.6 Å². The molecule has 0 bridgehead atoms. The Morgan fingerprint density at radius 2 is 1.63 bits per heavy atom. The van der Waals surface area contributed by atoms with Gasteiger partial charge in [-0.1, -0.05) is 54.1 Å². The third-order valence-corrected chi connectivity index (χ3v) is 4.12. The molecule has 0 saturated heterocycles. The predicted octanol–water partition coefficient (Wildman–Crippen LogP) is 4.60. The second-order valence-corrected chi connectivity index (χ2v) is 6.05. The van der Waals surface area contributed by atoms with Crippen LogP contribution in [0.3, 0.4) is 0 Å². The second kappa shape index (κ2) is 11.0. The van der Waals surface area contributed by atoms with Crippen LogP contribution in [0.4, 0.5) is 0 Å². The summed E-state index contributed by atoms with van der Waals surface area (Å²) < 4.78 is 0. The average molecular weight is 388 g/mol. The molecule has 0 aromatic heterocycles. The zero-order valence-electron chi connectivity index (χ0n) is 14.9. The fourth-order valence-corrected chi connectivity index (χ4v) is 2.59. The molecule has 142 valence electrons. The quantitative estimate of drug-likeness (QED) is 0.496. The maximum Gasteiger partial charge on any atom is 0.328 e. The first-order chi connectivity index (χ1) is 12.8. The molecular formula is C21H22ClNO4. The SMILES string of the molecule is C=CCC(N)c1ccccc1-c1cccc(Cl)c1C.O=C(O)/C=C/C(=O)O. The van der Waals surface area contributed by atoms with E-state index in [0.717, 1.165) is 33.7 Å². The summed E-state index contributed by atoms with van der Waals surface area (Å²) in [6.07, 6.45) is 3.73.